The Morgan fingerprint density at radius 3 is 2.79 bits per heavy atom. The number of aryl methyl sites for hydroxylation is 2. The minimum Gasteiger partial charge on any atom is -0.393 e. The average molecular weight is 194 g/mol. The van der Waals surface area contributed by atoms with Crippen LogP contribution in [0, 0.1) is 6.92 Å². The first kappa shape index (κ1) is 9.71. The van der Waals surface area contributed by atoms with E-state index in [1.54, 1.807) is 0 Å². The van der Waals surface area contributed by atoms with Gasteiger partial charge in [0, 0.05) is 18.2 Å². The Bertz CT molecular complexity index is 326. The van der Waals surface area contributed by atoms with Crippen LogP contribution in [0.3, 0.4) is 0 Å². The van der Waals surface area contributed by atoms with Crippen molar-refractivity contribution < 1.29 is 5.11 Å². The molecular formula is C11H18N2O. The summed E-state index contributed by atoms with van der Waals surface area (Å²) in [6, 6.07) is 0. The molecule has 2 rings (SSSR count). The highest BCUT2D eigenvalue weighted by molar-refractivity contribution is 5.26. The molecule has 1 aromatic rings. The van der Waals surface area contributed by atoms with Crippen LogP contribution in [-0.4, -0.2) is 21.0 Å². The number of aliphatic hydroxyl groups excluding tert-OH is 1. The van der Waals surface area contributed by atoms with Crippen LogP contribution in [0.25, 0.3) is 0 Å². The lowest BCUT2D eigenvalue weighted by Gasteiger charge is -2.25. The zero-order chi connectivity index (χ0) is 10.3. The molecule has 78 valence electrons. The van der Waals surface area contributed by atoms with Gasteiger partial charge in [-0.05, 0) is 31.7 Å². The molecule has 1 saturated carbocycles. The van der Waals surface area contributed by atoms with E-state index in [4.69, 9.17) is 0 Å². The molecular weight excluding hydrogens is 176 g/mol. The van der Waals surface area contributed by atoms with Crippen LogP contribution in [0.5, 0.6) is 0 Å². The van der Waals surface area contributed by atoms with Crippen LogP contribution in [0.4, 0.5) is 0 Å². The maximum atomic E-state index is 9.62. The SMILES string of the molecule is Cc1cnn(C)c1C1(C)CCC(O)C1. The van der Waals surface area contributed by atoms with Gasteiger partial charge in [-0.2, -0.15) is 5.10 Å². The van der Waals surface area contributed by atoms with Crippen molar-refractivity contribution >= 4 is 0 Å². The van der Waals surface area contributed by atoms with Crippen LogP contribution in [0.2, 0.25) is 0 Å². The first-order chi connectivity index (χ1) is 6.53. The summed E-state index contributed by atoms with van der Waals surface area (Å²) in [5.41, 5.74) is 2.65. The summed E-state index contributed by atoms with van der Waals surface area (Å²) in [5, 5.41) is 13.9. The number of nitrogens with zero attached hydrogens (tertiary/aromatic N) is 2. The number of aliphatic hydroxyl groups is 1. The second-order valence-corrected chi connectivity index (χ2v) is 4.76. The third kappa shape index (κ3) is 1.36. The maximum absolute atomic E-state index is 9.62. The lowest BCUT2D eigenvalue weighted by Crippen LogP contribution is -2.23. The van der Waals surface area contributed by atoms with Crippen molar-refractivity contribution in [3.05, 3.63) is 17.5 Å². The zero-order valence-electron chi connectivity index (χ0n) is 9.12. The first-order valence-corrected chi connectivity index (χ1v) is 5.20. The second-order valence-electron chi connectivity index (χ2n) is 4.76. The normalized spacial score (nSPS) is 32.4. The van der Waals surface area contributed by atoms with Gasteiger partial charge in [-0.15, -0.1) is 0 Å². The summed E-state index contributed by atoms with van der Waals surface area (Å²) >= 11 is 0. The number of hydrogen-bond acceptors (Lipinski definition) is 2. The van der Waals surface area contributed by atoms with Gasteiger partial charge in [0.25, 0.3) is 0 Å². The van der Waals surface area contributed by atoms with Crippen molar-refractivity contribution in [2.24, 2.45) is 7.05 Å². The molecule has 3 nitrogen and oxygen atoms in total. The number of aromatic nitrogens is 2. The molecule has 0 aromatic carbocycles. The van der Waals surface area contributed by atoms with E-state index in [0.717, 1.165) is 19.3 Å². The minimum atomic E-state index is -0.130. The molecule has 3 heteroatoms. The molecule has 1 aliphatic rings. The molecule has 0 radical (unpaired) electrons. The van der Waals surface area contributed by atoms with Crippen LogP contribution < -0.4 is 0 Å². The van der Waals surface area contributed by atoms with Crippen molar-refractivity contribution in [2.75, 3.05) is 0 Å². The highest BCUT2D eigenvalue weighted by atomic mass is 16.3. The van der Waals surface area contributed by atoms with E-state index in [9.17, 15) is 5.11 Å². The molecule has 2 unspecified atom stereocenters. The summed E-state index contributed by atoms with van der Waals surface area (Å²) in [6.07, 6.45) is 4.63. The molecule has 0 bridgehead atoms. The fourth-order valence-electron chi connectivity index (χ4n) is 2.84. The Morgan fingerprint density at radius 1 is 1.64 bits per heavy atom. The third-order valence-electron chi connectivity index (χ3n) is 3.41. The molecule has 1 heterocycles. The molecule has 1 aliphatic carbocycles. The van der Waals surface area contributed by atoms with E-state index in [1.807, 2.05) is 17.9 Å². The quantitative estimate of drug-likeness (QED) is 0.736. The van der Waals surface area contributed by atoms with E-state index in [2.05, 4.69) is 18.9 Å². The van der Waals surface area contributed by atoms with Gasteiger partial charge >= 0.3 is 0 Å². The highest BCUT2D eigenvalue weighted by Crippen LogP contribution is 2.41. The third-order valence-corrected chi connectivity index (χ3v) is 3.41. The van der Waals surface area contributed by atoms with Crippen LogP contribution in [0.1, 0.15) is 37.4 Å². The Hall–Kier alpha value is -0.830. The molecule has 0 aliphatic heterocycles. The lowest BCUT2D eigenvalue weighted by molar-refractivity contribution is 0.174. The van der Waals surface area contributed by atoms with Crippen LogP contribution in [-0.2, 0) is 12.5 Å². The molecule has 1 aromatic heterocycles. The standard InChI is InChI=1S/C11H18N2O/c1-8-7-12-13(3)10(8)11(2)5-4-9(14)6-11/h7,9,14H,4-6H2,1-3H3. The molecule has 0 spiro atoms. The zero-order valence-corrected chi connectivity index (χ0v) is 9.12. The molecule has 14 heavy (non-hydrogen) atoms. The molecule has 0 saturated heterocycles. The first-order valence-electron chi connectivity index (χ1n) is 5.20. The Kier molecular flexibility index (Phi) is 2.14. The maximum Gasteiger partial charge on any atom is 0.0549 e. The summed E-state index contributed by atoms with van der Waals surface area (Å²) in [5.74, 6) is 0. The highest BCUT2D eigenvalue weighted by Gasteiger charge is 2.38. The minimum absolute atomic E-state index is 0.120. The van der Waals surface area contributed by atoms with Gasteiger partial charge in [0.15, 0.2) is 0 Å². The van der Waals surface area contributed by atoms with Crippen molar-refractivity contribution in [3.8, 4) is 0 Å². The summed E-state index contributed by atoms with van der Waals surface area (Å²) < 4.78 is 1.95. The number of hydrogen-bond donors (Lipinski definition) is 1. The van der Waals surface area contributed by atoms with Gasteiger partial charge in [0.05, 0.1) is 12.3 Å². The summed E-state index contributed by atoms with van der Waals surface area (Å²) in [7, 11) is 1.98. The second kappa shape index (κ2) is 3.09. The van der Waals surface area contributed by atoms with Gasteiger partial charge in [0.2, 0.25) is 0 Å². The summed E-state index contributed by atoms with van der Waals surface area (Å²) in [4.78, 5) is 0. The predicted molar refractivity (Wildman–Crippen MR) is 55.2 cm³/mol. The van der Waals surface area contributed by atoms with Crippen molar-refractivity contribution in [3.63, 3.8) is 0 Å². The van der Waals surface area contributed by atoms with Crippen LogP contribution >= 0.6 is 0 Å². The van der Waals surface area contributed by atoms with Crippen molar-refractivity contribution in [2.45, 2.75) is 44.6 Å². The Labute approximate surface area is 84.7 Å². The predicted octanol–water partition coefficient (Wildman–Crippen LogP) is 1.53. The molecule has 2 atom stereocenters. The van der Waals surface area contributed by atoms with E-state index in [0.29, 0.717) is 0 Å². The van der Waals surface area contributed by atoms with E-state index in [-0.39, 0.29) is 11.5 Å². The van der Waals surface area contributed by atoms with Crippen molar-refractivity contribution in [1.29, 1.82) is 0 Å². The summed E-state index contributed by atoms with van der Waals surface area (Å²) in [6.45, 7) is 4.32. The van der Waals surface area contributed by atoms with Gasteiger partial charge in [-0.3, -0.25) is 4.68 Å². The van der Waals surface area contributed by atoms with E-state index >= 15 is 0 Å². The average Bonchev–Trinajstić information content (AvgIpc) is 2.58. The molecule has 0 amide bonds. The van der Waals surface area contributed by atoms with Gasteiger partial charge in [-0.1, -0.05) is 6.92 Å². The fourth-order valence-corrected chi connectivity index (χ4v) is 2.84. The largest absolute Gasteiger partial charge is 0.393 e. The van der Waals surface area contributed by atoms with E-state index < -0.39 is 0 Å². The van der Waals surface area contributed by atoms with E-state index in [1.165, 1.54) is 11.3 Å². The molecule has 1 fully saturated rings. The van der Waals surface area contributed by atoms with Crippen LogP contribution in [0.15, 0.2) is 6.20 Å². The topological polar surface area (TPSA) is 38.0 Å². The number of rotatable bonds is 1. The Balaban J connectivity index is 2.39. The monoisotopic (exact) mass is 194 g/mol. The fraction of sp³-hybridized carbons (Fsp3) is 0.727. The lowest BCUT2D eigenvalue weighted by atomic mass is 9.83. The van der Waals surface area contributed by atoms with Gasteiger partial charge in [-0.25, -0.2) is 0 Å². The smallest absolute Gasteiger partial charge is 0.0549 e. The van der Waals surface area contributed by atoms with Gasteiger partial charge < -0.3 is 5.11 Å². The van der Waals surface area contributed by atoms with Crippen molar-refractivity contribution in [1.82, 2.24) is 9.78 Å². The van der Waals surface area contributed by atoms with Gasteiger partial charge in [0.1, 0.15) is 0 Å². The Morgan fingerprint density at radius 2 is 2.36 bits per heavy atom. The molecule has 1 N–H and O–H groups in total.